The summed E-state index contributed by atoms with van der Waals surface area (Å²) in [5.74, 6) is 0. The summed E-state index contributed by atoms with van der Waals surface area (Å²) in [5.41, 5.74) is 6.53. The van der Waals surface area contributed by atoms with Crippen molar-refractivity contribution in [2.75, 3.05) is 5.32 Å². The highest BCUT2D eigenvalue weighted by Gasteiger charge is 2.16. The Balaban J connectivity index is 1.65. The molecular formula is C15H16N4O. The number of aryl methyl sites for hydroxylation is 1. The second-order valence-corrected chi connectivity index (χ2v) is 4.71. The number of benzene rings is 1. The molecule has 20 heavy (non-hydrogen) atoms. The van der Waals surface area contributed by atoms with Crippen LogP contribution in [0.3, 0.4) is 0 Å². The van der Waals surface area contributed by atoms with Crippen LogP contribution in [0.15, 0.2) is 47.7 Å². The quantitative estimate of drug-likeness (QED) is 0.720. The van der Waals surface area contributed by atoms with E-state index in [0.29, 0.717) is 0 Å². The van der Waals surface area contributed by atoms with Crippen LogP contribution in [0.2, 0.25) is 0 Å². The summed E-state index contributed by atoms with van der Waals surface area (Å²) in [4.78, 5) is 15.0. The molecule has 0 atom stereocenters. The number of hydrogen-bond acceptors (Lipinski definition) is 2. The first-order valence-electron chi connectivity index (χ1n) is 6.68. The molecule has 0 fully saturated rings. The largest absolute Gasteiger partial charge is 0.364 e. The number of amides is 2. The highest BCUT2D eigenvalue weighted by molar-refractivity contribution is 6.03. The van der Waals surface area contributed by atoms with E-state index in [-0.39, 0.29) is 6.03 Å². The average molecular weight is 268 g/mol. The summed E-state index contributed by atoms with van der Waals surface area (Å²) < 4.78 is 0. The van der Waals surface area contributed by atoms with E-state index in [2.05, 4.69) is 20.8 Å². The first-order valence-corrected chi connectivity index (χ1v) is 6.68. The van der Waals surface area contributed by atoms with E-state index in [1.54, 1.807) is 0 Å². The molecule has 0 saturated carbocycles. The van der Waals surface area contributed by atoms with Crippen molar-refractivity contribution < 1.29 is 4.79 Å². The number of urea groups is 1. The second kappa shape index (κ2) is 5.61. The molecule has 1 aliphatic carbocycles. The van der Waals surface area contributed by atoms with Crippen LogP contribution in [0, 0.1) is 0 Å². The summed E-state index contributed by atoms with van der Waals surface area (Å²) in [5, 5.41) is 6.96. The standard InChI is InChI=1S/C15H16N4O/c20-15(17-11-5-2-1-3-6-11)19-18-14-8-4-7-13-12(14)9-10-16-13/h1-3,5-6,9-10,16H,4,7-8H2,(H2,17,19,20)/b18-14+. The van der Waals surface area contributed by atoms with E-state index < -0.39 is 0 Å². The summed E-state index contributed by atoms with van der Waals surface area (Å²) >= 11 is 0. The van der Waals surface area contributed by atoms with Crippen molar-refractivity contribution >= 4 is 17.4 Å². The van der Waals surface area contributed by atoms with E-state index in [1.165, 1.54) is 5.69 Å². The number of aromatic amines is 1. The lowest BCUT2D eigenvalue weighted by Crippen LogP contribution is -2.26. The molecule has 0 spiro atoms. The van der Waals surface area contributed by atoms with Gasteiger partial charge in [0.25, 0.3) is 0 Å². The van der Waals surface area contributed by atoms with Crippen LogP contribution in [0.4, 0.5) is 10.5 Å². The molecule has 3 rings (SSSR count). The Hall–Kier alpha value is -2.56. The van der Waals surface area contributed by atoms with E-state index in [4.69, 9.17) is 0 Å². The molecule has 5 heteroatoms. The van der Waals surface area contributed by atoms with Crippen LogP contribution in [-0.2, 0) is 6.42 Å². The molecule has 0 saturated heterocycles. The van der Waals surface area contributed by atoms with Crippen molar-refractivity contribution in [3.05, 3.63) is 53.9 Å². The Morgan fingerprint density at radius 1 is 1.15 bits per heavy atom. The molecule has 1 aromatic carbocycles. The van der Waals surface area contributed by atoms with Gasteiger partial charge in [-0.15, -0.1) is 0 Å². The van der Waals surface area contributed by atoms with Gasteiger partial charge in [-0.25, -0.2) is 10.2 Å². The van der Waals surface area contributed by atoms with Crippen molar-refractivity contribution in [2.45, 2.75) is 19.3 Å². The van der Waals surface area contributed by atoms with Crippen molar-refractivity contribution in [2.24, 2.45) is 5.10 Å². The topological polar surface area (TPSA) is 69.3 Å². The number of fused-ring (bicyclic) bond motifs is 1. The van der Waals surface area contributed by atoms with Crippen LogP contribution in [0.5, 0.6) is 0 Å². The zero-order valence-corrected chi connectivity index (χ0v) is 11.0. The normalized spacial score (nSPS) is 15.7. The van der Waals surface area contributed by atoms with E-state index >= 15 is 0 Å². The Bertz CT molecular complexity index is 630. The Labute approximate surface area is 117 Å². The Morgan fingerprint density at radius 2 is 2.00 bits per heavy atom. The third-order valence-corrected chi connectivity index (χ3v) is 3.31. The number of hydrogen-bond donors (Lipinski definition) is 3. The lowest BCUT2D eigenvalue weighted by molar-refractivity contribution is 0.252. The Morgan fingerprint density at radius 3 is 2.85 bits per heavy atom. The maximum absolute atomic E-state index is 11.8. The van der Waals surface area contributed by atoms with Crippen molar-refractivity contribution in [3.63, 3.8) is 0 Å². The highest BCUT2D eigenvalue weighted by atomic mass is 16.2. The zero-order chi connectivity index (χ0) is 13.8. The fourth-order valence-corrected chi connectivity index (χ4v) is 2.36. The fourth-order valence-electron chi connectivity index (χ4n) is 2.36. The third-order valence-electron chi connectivity index (χ3n) is 3.31. The first-order chi connectivity index (χ1) is 9.83. The molecule has 2 aromatic rings. The number of hydrazone groups is 1. The molecule has 102 valence electrons. The van der Waals surface area contributed by atoms with Gasteiger partial charge >= 0.3 is 6.03 Å². The number of nitrogens with one attached hydrogen (secondary N) is 3. The molecule has 5 nitrogen and oxygen atoms in total. The number of rotatable bonds is 2. The van der Waals surface area contributed by atoms with Gasteiger partial charge in [0.2, 0.25) is 0 Å². The maximum Gasteiger partial charge on any atom is 0.339 e. The molecule has 1 heterocycles. The van der Waals surface area contributed by atoms with Crippen molar-refractivity contribution in [1.29, 1.82) is 0 Å². The van der Waals surface area contributed by atoms with Gasteiger partial charge in [-0.1, -0.05) is 18.2 Å². The first kappa shape index (κ1) is 12.5. The van der Waals surface area contributed by atoms with Crippen LogP contribution in [-0.4, -0.2) is 16.7 Å². The van der Waals surface area contributed by atoms with Gasteiger partial charge in [-0.2, -0.15) is 5.10 Å². The van der Waals surface area contributed by atoms with E-state index in [1.807, 2.05) is 42.6 Å². The number of carbonyl (C=O) groups is 1. The number of aromatic nitrogens is 1. The monoisotopic (exact) mass is 268 g/mol. The predicted molar refractivity (Wildman–Crippen MR) is 78.9 cm³/mol. The van der Waals surface area contributed by atoms with Crippen LogP contribution < -0.4 is 10.7 Å². The van der Waals surface area contributed by atoms with Gasteiger partial charge < -0.3 is 10.3 Å². The summed E-state index contributed by atoms with van der Waals surface area (Å²) in [7, 11) is 0. The molecule has 0 aliphatic heterocycles. The molecule has 1 aromatic heterocycles. The molecule has 1 aliphatic rings. The van der Waals surface area contributed by atoms with Crippen LogP contribution >= 0.6 is 0 Å². The van der Waals surface area contributed by atoms with Crippen molar-refractivity contribution in [3.8, 4) is 0 Å². The maximum atomic E-state index is 11.8. The van der Waals surface area contributed by atoms with Gasteiger partial charge in [-0.3, -0.25) is 0 Å². The smallest absolute Gasteiger partial charge is 0.339 e. The summed E-state index contributed by atoms with van der Waals surface area (Å²) in [6.07, 6.45) is 4.89. The minimum atomic E-state index is -0.327. The number of H-pyrrole nitrogens is 1. The molecule has 2 amide bonds. The van der Waals surface area contributed by atoms with Gasteiger partial charge in [-0.05, 0) is 37.5 Å². The third kappa shape index (κ3) is 2.71. The van der Waals surface area contributed by atoms with E-state index in [9.17, 15) is 4.79 Å². The summed E-state index contributed by atoms with van der Waals surface area (Å²) in [6, 6.07) is 11.0. The van der Waals surface area contributed by atoms with Crippen LogP contribution in [0.1, 0.15) is 24.1 Å². The molecule has 0 unspecified atom stereocenters. The second-order valence-electron chi connectivity index (χ2n) is 4.71. The van der Waals surface area contributed by atoms with E-state index in [0.717, 1.165) is 36.2 Å². The summed E-state index contributed by atoms with van der Waals surface area (Å²) in [6.45, 7) is 0. The number of carbonyl (C=O) groups excluding carboxylic acids is 1. The molecule has 0 bridgehead atoms. The SMILES string of the molecule is O=C(N/N=C1\CCCc2[nH]ccc21)Nc1ccccc1. The Kier molecular flexibility index (Phi) is 3.50. The number of para-hydroxylation sites is 1. The molecule has 3 N–H and O–H groups in total. The van der Waals surface area contributed by atoms with Gasteiger partial charge in [0, 0.05) is 23.1 Å². The number of anilines is 1. The predicted octanol–water partition coefficient (Wildman–Crippen LogP) is 2.88. The minimum Gasteiger partial charge on any atom is -0.364 e. The lowest BCUT2D eigenvalue weighted by atomic mass is 9.96. The average Bonchev–Trinajstić information content (AvgIpc) is 2.95. The van der Waals surface area contributed by atoms with Crippen molar-refractivity contribution in [1.82, 2.24) is 10.4 Å². The van der Waals surface area contributed by atoms with Gasteiger partial charge in [0.05, 0.1) is 5.71 Å². The molecule has 0 radical (unpaired) electrons. The van der Waals surface area contributed by atoms with Gasteiger partial charge in [0.15, 0.2) is 0 Å². The van der Waals surface area contributed by atoms with Crippen LogP contribution in [0.25, 0.3) is 0 Å². The van der Waals surface area contributed by atoms with Gasteiger partial charge in [0.1, 0.15) is 0 Å². The molecular weight excluding hydrogens is 252 g/mol. The highest BCUT2D eigenvalue weighted by Crippen LogP contribution is 2.19. The zero-order valence-electron chi connectivity index (χ0n) is 11.0. The number of nitrogens with zero attached hydrogens (tertiary/aromatic N) is 1. The minimum absolute atomic E-state index is 0.327. The fraction of sp³-hybridized carbons (Fsp3) is 0.200. The lowest BCUT2D eigenvalue weighted by Gasteiger charge is -2.13.